The van der Waals surface area contributed by atoms with Gasteiger partial charge in [0.2, 0.25) is 0 Å². The van der Waals surface area contributed by atoms with E-state index in [-0.39, 0.29) is 0 Å². The molecule has 8 nitrogen and oxygen atoms in total. The molecule has 1 aliphatic heterocycles. The van der Waals surface area contributed by atoms with Crippen molar-refractivity contribution >= 4 is 12.0 Å². The molecule has 1 saturated heterocycles. The number of hydroxylamine groups is 1. The molecule has 0 unspecified atom stereocenters. The Hall–Kier alpha value is -1.38. The van der Waals surface area contributed by atoms with Crippen LogP contribution in [0.15, 0.2) is 0 Å². The predicted octanol–water partition coefficient (Wildman–Crippen LogP) is -1.54. The number of likely N-dealkylation sites (N-methyl/N-ethyl adjacent to an activating group) is 1. The second-order valence-corrected chi connectivity index (χ2v) is 3.52. The fraction of sp³-hybridized carbons (Fsp3) is 0.750. The third-order valence-corrected chi connectivity index (χ3v) is 2.12. The zero-order valence-corrected chi connectivity index (χ0v) is 9.10. The molecule has 3 N–H and O–H groups in total. The van der Waals surface area contributed by atoms with Crippen LogP contribution in [0, 0.1) is 0 Å². The third-order valence-electron chi connectivity index (χ3n) is 2.12. The quantitative estimate of drug-likeness (QED) is 0.509. The van der Waals surface area contributed by atoms with Gasteiger partial charge in [-0.25, -0.2) is 20.1 Å². The minimum absolute atomic E-state index is 0.559. The number of hydrogen-bond donors (Lipinski definition) is 3. The van der Waals surface area contributed by atoms with Crippen LogP contribution in [0.25, 0.3) is 0 Å². The highest BCUT2D eigenvalue weighted by Crippen LogP contribution is 1.94. The molecule has 0 atom stereocenters. The van der Waals surface area contributed by atoms with Crippen LogP contribution in [0.2, 0.25) is 0 Å². The number of nitrogens with one attached hydrogen (secondary N) is 2. The maximum atomic E-state index is 11.2. The van der Waals surface area contributed by atoms with Gasteiger partial charge in [0.1, 0.15) is 0 Å². The zero-order chi connectivity index (χ0) is 12.0. The van der Waals surface area contributed by atoms with Crippen LogP contribution in [-0.4, -0.2) is 66.8 Å². The highest BCUT2D eigenvalue weighted by atomic mass is 16.7. The predicted molar refractivity (Wildman–Crippen MR) is 54.3 cm³/mol. The van der Waals surface area contributed by atoms with Gasteiger partial charge < -0.3 is 10.0 Å². The minimum Gasteiger partial charge on any atom is -0.479 e. The molecule has 1 fully saturated rings. The van der Waals surface area contributed by atoms with E-state index >= 15 is 0 Å². The van der Waals surface area contributed by atoms with Crippen LogP contribution >= 0.6 is 0 Å². The molecule has 0 aromatic heterocycles. The van der Waals surface area contributed by atoms with Crippen molar-refractivity contribution in [1.82, 2.24) is 20.8 Å². The van der Waals surface area contributed by atoms with Gasteiger partial charge in [0.15, 0.2) is 6.61 Å². The van der Waals surface area contributed by atoms with Crippen LogP contribution < -0.4 is 10.9 Å². The summed E-state index contributed by atoms with van der Waals surface area (Å²) in [6.45, 7) is 2.63. The molecule has 0 aromatic rings. The Bertz CT molecular complexity index is 252. The molecule has 0 aliphatic carbocycles. The van der Waals surface area contributed by atoms with E-state index in [1.165, 1.54) is 0 Å². The number of hydrazine groups is 1. The Morgan fingerprint density at radius 2 is 1.94 bits per heavy atom. The van der Waals surface area contributed by atoms with E-state index in [4.69, 9.17) is 5.11 Å². The van der Waals surface area contributed by atoms with Gasteiger partial charge in [-0.2, -0.15) is 0 Å². The molecule has 16 heavy (non-hydrogen) atoms. The van der Waals surface area contributed by atoms with Crippen LogP contribution in [0.5, 0.6) is 0 Å². The lowest BCUT2D eigenvalue weighted by atomic mass is 10.4. The van der Waals surface area contributed by atoms with Gasteiger partial charge in [-0.15, -0.1) is 0 Å². The van der Waals surface area contributed by atoms with Crippen LogP contribution in [-0.2, 0) is 9.63 Å². The highest BCUT2D eigenvalue weighted by Gasteiger charge is 2.15. The smallest absolute Gasteiger partial charge is 0.353 e. The molecular weight excluding hydrogens is 216 g/mol. The largest absolute Gasteiger partial charge is 0.479 e. The molecule has 2 amide bonds. The van der Waals surface area contributed by atoms with Gasteiger partial charge >= 0.3 is 12.0 Å². The number of hydrogen-bond acceptors (Lipinski definition) is 5. The lowest BCUT2D eigenvalue weighted by molar-refractivity contribution is -0.144. The number of rotatable bonds is 4. The molecule has 0 saturated carbocycles. The second-order valence-electron chi connectivity index (χ2n) is 3.52. The second kappa shape index (κ2) is 6.26. The van der Waals surface area contributed by atoms with E-state index in [2.05, 4.69) is 15.2 Å². The summed E-state index contributed by atoms with van der Waals surface area (Å²) in [5.41, 5.74) is 4.54. The Balaban J connectivity index is 2.11. The number of carbonyl (C=O) groups excluding carboxylic acids is 1. The van der Waals surface area contributed by atoms with Crippen LogP contribution in [0.3, 0.4) is 0 Å². The summed E-state index contributed by atoms with van der Waals surface area (Å²) in [5, 5.41) is 10.0. The van der Waals surface area contributed by atoms with Crippen molar-refractivity contribution in [1.29, 1.82) is 0 Å². The van der Waals surface area contributed by atoms with Gasteiger partial charge in [0.25, 0.3) is 0 Å². The molecule has 92 valence electrons. The van der Waals surface area contributed by atoms with Crippen molar-refractivity contribution in [2.24, 2.45) is 0 Å². The van der Waals surface area contributed by atoms with Crippen molar-refractivity contribution in [2.75, 3.05) is 39.8 Å². The van der Waals surface area contributed by atoms with Crippen LogP contribution in [0.4, 0.5) is 4.79 Å². The lowest BCUT2D eigenvalue weighted by Gasteiger charge is -2.32. The Labute approximate surface area is 93.1 Å². The minimum atomic E-state index is -1.14. The van der Waals surface area contributed by atoms with Crippen molar-refractivity contribution in [2.45, 2.75) is 0 Å². The topological polar surface area (TPSA) is 94.1 Å². The van der Waals surface area contributed by atoms with Crippen molar-refractivity contribution in [3.05, 3.63) is 0 Å². The number of carbonyl (C=O) groups is 2. The number of aliphatic carboxylic acids is 1. The van der Waals surface area contributed by atoms with E-state index in [9.17, 15) is 9.59 Å². The first kappa shape index (κ1) is 12.7. The van der Waals surface area contributed by atoms with Gasteiger partial charge in [-0.3, -0.25) is 10.3 Å². The summed E-state index contributed by atoms with van der Waals surface area (Å²) >= 11 is 0. The molecule has 1 aliphatic rings. The van der Waals surface area contributed by atoms with E-state index in [1.54, 1.807) is 5.01 Å². The fourth-order valence-electron chi connectivity index (χ4n) is 1.25. The summed E-state index contributed by atoms with van der Waals surface area (Å²) in [5.74, 6) is -1.14. The molecular formula is C8H16N4O4. The number of piperazine rings is 1. The summed E-state index contributed by atoms with van der Waals surface area (Å²) < 4.78 is 0. The molecule has 1 heterocycles. The van der Waals surface area contributed by atoms with Gasteiger partial charge in [0, 0.05) is 26.2 Å². The molecule has 0 radical (unpaired) electrons. The first-order valence-corrected chi connectivity index (χ1v) is 4.91. The normalized spacial score (nSPS) is 18.1. The average Bonchev–Trinajstić information content (AvgIpc) is 2.21. The van der Waals surface area contributed by atoms with Gasteiger partial charge in [-0.05, 0) is 7.05 Å². The Morgan fingerprint density at radius 1 is 1.31 bits per heavy atom. The molecule has 8 heteroatoms. The van der Waals surface area contributed by atoms with E-state index < -0.39 is 18.6 Å². The Morgan fingerprint density at radius 3 is 2.50 bits per heavy atom. The standard InChI is InChI=1S/C8H16N4O4/c1-11-2-4-12(5-3-11)9-8(15)10-16-6-7(13)14/h2-6H2,1H3,(H,13,14)(H2,9,10,15). The number of carboxylic acid groups (broad SMARTS) is 1. The number of amides is 2. The number of carboxylic acids is 1. The number of nitrogens with zero attached hydrogens (tertiary/aromatic N) is 2. The summed E-state index contributed by atoms with van der Waals surface area (Å²) in [6.07, 6.45) is 0. The summed E-state index contributed by atoms with van der Waals surface area (Å²) in [7, 11) is 2.01. The molecule has 0 bridgehead atoms. The monoisotopic (exact) mass is 232 g/mol. The maximum absolute atomic E-state index is 11.2. The lowest BCUT2D eigenvalue weighted by Crippen LogP contribution is -2.54. The van der Waals surface area contributed by atoms with Gasteiger partial charge in [-0.1, -0.05) is 0 Å². The van der Waals surface area contributed by atoms with E-state index in [1.807, 2.05) is 12.5 Å². The summed E-state index contributed by atoms with van der Waals surface area (Å²) in [6, 6.07) is -0.564. The number of urea groups is 1. The van der Waals surface area contributed by atoms with Gasteiger partial charge in [0.05, 0.1) is 0 Å². The van der Waals surface area contributed by atoms with Crippen LogP contribution in [0.1, 0.15) is 0 Å². The van der Waals surface area contributed by atoms with E-state index in [0.717, 1.165) is 26.2 Å². The average molecular weight is 232 g/mol. The fourth-order valence-corrected chi connectivity index (χ4v) is 1.25. The third kappa shape index (κ3) is 4.91. The van der Waals surface area contributed by atoms with Crippen molar-refractivity contribution < 1.29 is 19.5 Å². The van der Waals surface area contributed by atoms with Crippen molar-refractivity contribution in [3.63, 3.8) is 0 Å². The summed E-state index contributed by atoms with van der Waals surface area (Å²) in [4.78, 5) is 27.8. The van der Waals surface area contributed by atoms with E-state index in [0.29, 0.717) is 0 Å². The molecule has 0 spiro atoms. The first-order valence-electron chi connectivity index (χ1n) is 4.91. The SMILES string of the molecule is CN1CCN(NC(=O)NOCC(=O)O)CC1. The highest BCUT2D eigenvalue weighted by molar-refractivity contribution is 5.73. The van der Waals surface area contributed by atoms with Crippen molar-refractivity contribution in [3.8, 4) is 0 Å². The maximum Gasteiger partial charge on any atom is 0.353 e. The molecule has 1 rings (SSSR count). The zero-order valence-electron chi connectivity index (χ0n) is 9.10. The first-order chi connectivity index (χ1) is 7.58. The molecule has 0 aromatic carbocycles. The Kier molecular flexibility index (Phi) is 4.96.